The maximum Gasteiger partial charge on any atom is 0.377 e. The van der Waals surface area contributed by atoms with Crippen LogP contribution in [0.25, 0.3) is 0 Å². The largest absolute Gasteiger partial charge is 0.427 e. The molecule has 2 saturated heterocycles. The van der Waals surface area contributed by atoms with Crippen LogP contribution >= 0.6 is 0 Å². The van der Waals surface area contributed by atoms with Crippen LogP contribution in [0.15, 0.2) is 0 Å². The van der Waals surface area contributed by atoms with Crippen LogP contribution in [0.1, 0.15) is 40.5 Å². The number of hydrogen-bond acceptors (Lipinski definition) is 9. The fraction of sp³-hybridized carbons (Fsp3) is 0.688. The molecule has 0 spiro atoms. The highest BCUT2D eigenvalue weighted by Crippen LogP contribution is 2.35. The minimum absolute atomic E-state index is 0.144. The summed E-state index contributed by atoms with van der Waals surface area (Å²) in [6.07, 6.45) is -0.342. The summed E-state index contributed by atoms with van der Waals surface area (Å²) in [4.78, 5) is 64.7. The zero-order valence-electron chi connectivity index (χ0n) is 15.5. The Balaban J connectivity index is 2.09. The molecule has 1 N–H and O–H groups in total. The summed E-state index contributed by atoms with van der Waals surface area (Å²) in [5.41, 5.74) is -2.93. The summed E-state index contributed by atoms with van der Waals surface area (Å²) >= 11 is 0. The van der Waals surface area contributed by atoms with E-state index < -0.39 is 53.7 Å². The lowest BCUT2D eigenvalue weighted by atomic mass is 9.98. The van der Waals surface area contributed by atoms with Crippen molar-refractivity contribution < 1.29 is 43.0 Å². The number of carbonyl (C=O) groups excluding carboxylic acids is 5. The lowest BCUT2D eigenvalue weighted by Crippen LogP contribution is -2.57. The Hall–Kier alpha value is -2.69. The third-order valence-corrected chi connectivity index (χ3v) is 3.84. The molecule has 27 heavy (non-hydrogen) atoms. The smallest absolute Gasteiger partial charge is 0.377 e. The van der Waals surface area contributed by atoms with E-state index in [-0.39, 0.29) is 19.4 Å². The molecule has 0 aromatic heterocycles. The van der Waals surface area contributed by atoms with Crippen LogP contribution in [-0.4, -0.2) is 60.0 Å². The lowest BCUT2D eigenvalue weighted by Gasteiger charge is -2.32. The van der Waals surface area contributed by atoms with Crippen LogP contribution < -0.4 is 5.32 Å². The van der Waals surface area contributed by atoms with Gasteiger partial charge in [0.25, 0.3) is 5.91 Å². The van der Waals surface area contributed by atoms with Crippen LogP contribution in [0.2, 0.25) is 0 Å². The topological polar surface area (TPSA) is 138 Å². The summed E-state index contributed by atoms with van der Waals surface area (Å²) in [7, 11) is 0. The Morgan fingerprint density at radius 3 is 2.44 bits per heavy atom. The van der Waals surface area contributed by atoms with Gasteiger partial charge < -0.3 is 19.5 Å². The number of carbonyl (C=O) groups is 5. The molecule has 2 fully saturated rings. The Morgan fingerprint density at radius 1 is 1.26 bits per heavy atom. The van der Waals surface area contributed by atoms with E-state index in [0.717, 1.165) is 0 Å². The van der Waals surface area contributed by atoms with Gasteiger partial charge in [-0.1, -0.05) is 0 Å². The molecule has 150 valence electrons. The molecule has 11 nitrogen and oxygen atoms in total. The molecular weight excluding hydrogens is 364 g/mol. The first-order chi connectivity index (χ1) is 12.5. The molecule has 0 aliphatic carbocycles. The van der Waals surface area contributed by atoms with E-state index in [1.165, 1.54) is 6.92 Å². The standard InChI is InChI=1S/C16H22N2O9/c1-9(19)17-10-7-26-18(12(10)21)16(6-5-11(20)27-16)14(23)25-8-24-13(22)15(2,3)4/h10H,5-8H2,1-4H3,(H,17,19). The monoisotopic (exact) mass is 386 g/mol. The Morgan fingerprint density at radius 2 is 1.93 bits per heavy atom. The van der Waals surface area contributed by atoms with Crippen molar-refractivity contribution in [2.45, 2.75) is 52.3 Å². The van der Waals surface area contributed by atoms with Gasteiger partial charge in [0.05, 0.1) is 11.8 Å². The molecule has 2 heterocycles. The average Bonchev–Trinajstić information content (AvgIpc) is 3.10. The first-order valence-electron chi connectivity index (χ1n) is 8.28. The van der Waals surface area contributed by atoms with Gasteiger partial charge >= 0.3 is 23.6 Å². The minimum Gasteiger partial charge on any atom is -0.427 e. The zero-order chi connectivity index (χ0) is 20.4. The number of esters is 3. The Kier molecular flexibility index (Phi) is 5.73. The normalized spacial score (nSPS) is 25.2. The fourth-order valence-electron chi connectivity index (χ4n) is 2.45. The highest BCUT2D eigenvalue weighted by atomic mass is 16.8. The van der Waals surface area contributed by atoms with Crippen molar-refractivity contribution >= 4 is 29.7 Å². The molecule has 2 amide bonds. The second-order valence-electron chi connectivity index (χ2n) is 7.17. The quantitative estimate of drug-likeness (QED) is 0.484. The molecule has 0 radical (unpaired) electrons. The van der Waals surface area contributed by atoms with Gasteiger partial charge in [-0.3, -0.25) is 24.0 Å². The van der Waals surface area contributed by atoms with E-state index in [1.807, 2.05) is 0 Å². The summed E-state index contributed by atoms with van der Waals surface area (Å²) in [5.74, 6) is -3.67. The van der Waals surface area contributed by atoms with Gasteiger partial charge in [-0.05, 0) is 20.8 Å². The average molecular weight is 386 g/mol. The van der Waals surface area contributed by atoms with Gasteiger partial charge in [0.1, 0.15) is 12.6 Å². The van der Waals surface area contributed by atoms with Gasteiger partial charge in [0, 0.05) is 13.3 Å². The number of cyclic esters (lactones) is 1. The maximum absolute atomic E-state index is 12.6. The third kappa shape index (κ3) is 4.35. The molecule has 2 atom stereocenters. The number of nitrogens with zero attached hydrogens (tertiary/aromatic N) is 1. The SMILES string of the molecule is CC(=O)NC1CON(C2(C(=O)OCOC(=O)C(C)(C)C)CCC(=O)O2)C1=O. The van der Waals surface area contributed by atoms with Crippen molar-refractivity contribution in [1.82, 2.24) is 10.4 Å². The van der Waals surface area contributed by atoms with Crippen LogP contribution in [0.4, 0.5) is 0 Å². The molecule has 0 bridgehead atoms. The van der Waals surface area contributed by atoms with E-state index in [1.54, 1.807) is 20.8 Å². The van der Waals surface area contributed by atoms with Gasteiger partial charge in [-0.2, -0.15) is 5.06 Å². The van der Waals surface area contributed by atoms with Gasteiger partial charge in [-0.25, -0.2) is 4.79 Å². The molecule has 0 aromatic rings. The molecule has 2 rings (SSSR count). The van der Waals surface area contributed by atoms with Crippen molar-refractivity contribution in [1.29, 1.82) is 0 Å². The summed E-state index contributed by atoms with van der Waals surface area (Å²) in [5, 5.41) is 2.97. The van der Waals surface area contributed by atoms with Crippen LogP contribution in [0, 0.1) is 5.41 Å². The Labute approximate surface area is 155 Å². The number of nitrogens with one attached hydrogen (secondary N) is 1. The van der Waals surface area contributed by atoms with Crippen molar-refractivity contribution in [3.63, 3.8) is 0 Å². The van der Waals surface area contributed by atoms with Crippen LogP contribution in [-0.2, 0) is 43.0 Å². The van der Waals surface area contributed by atoms with E-state index in [2.05, 4.69) is 5.32 Å². The van der Waals surface area contributed by atoms with E-state index >= 15 is 0 Å². The Bertz CT molecular complexity index is 669. The lowest BCUT2D eigenvalue weighted by molar-refractivity contribution is -0.262. The predicted molar refractivity (Wildman–Crippen MR) is 85.0 cm³/mol. The van der Waals surface area contributed by atoms with Gasteiger partial charge in [-0.15, -0.1) is 0 Å². The molecular formula is C16H22N2O9. The van der Waals surface area contributed by atoms with Crippen molar-refractivity contribution in [2.75, 3.05) is 13.4 Å². The van der Waals surface area contributed by atoms with Crippen LogP contribution in [0.3, 0.4) is 0 Å². The molecule has 11 heteroatoms. The number of hydrogen-bond donors (Lipinski definition) is 1. The summed E-state index contributed by atoms with van der Waals surface area (Å²) < 4.78 is 14.8. The second-order valence-corrected chi connectivity index (χ2v) is 7.17. The zero-order valence-corrected chi connectivity index (χ0v) is 15.5. The third-order valence-electron chi connectivity index (χ3n) is 3.84. The predicted octanol–water partition coefficient (Wildman–Crippen LogP) is -0.612. The number of amides is 2. The maximum atomic E-state index is 12.6. The van der Waals surface area contributed by atoms with Crippen molar-refractivity contribution in [3.05, 3.63) is 0 Å². The number of hydroxylamine groups is 2. The second kappa shape index (κ2) is 7.51. The number of rotatable bonds is 5. The van der Waals surface area contributed by atoms with Crippen molar-refractivity contribution in [3.8, 4) is 0 Å². The molecule has 2 aliphatic heterocycles. The first kappa shape index (κ1) is 20.6. The highest BCUT2D eigenvalue weighted by Gasteiger charge is 2.60. The van der Waals surface area contributed by atoms with E-state index in [4.69, 9.17) is 19.0 Å². The van der Waals surface area contributed by atoms with Crippen molar-refractivity contribution in [2.24, 2.45) is 5.41 Å². The number of ether oxygens (including phenoxy) is 3. The van der Waals surface area contributed by atoms with E-state index in [0.29, 0.717) is 5.06 Å². The molecule has 0 saturated carbocycles. The van der Waals surface area contributed by atoms with E-state index in [9.17, 15) is 24.0 Å². The molecule has 2 aliphatic rings. The molecule has 2 unspecified atom stereocenters. The first-order valence-corrected chi connectivity index (χ1v) is 8.28. The van der Waals surface area contributed by atoms with Gasteiger partial charge in [0.15, 0.2) is 0 Å². The molecule has 0 aromatic carbocycles. The summed E-state index contributed by atoms with van der Waals surface area (Å²) in [6.45, 7) is 5.14. The fourth-order valence-corrected chi connectivity index (χ4v) is 2.45. The van der Waals surface area contributed by atoms with Gasteiger partial charge in [0.2, 0.25) is 12.7 Å². The summed E-state index contributed by atoms with van der Waals surface area (Å²) in [6, 6.07) is -1.02. The minimum atomic E-state index is -2.13. The van der Waals surface area contributed by atoms with Crippen LogP contribution in [0.5, 0.6) is 0 Å². The highest BCUT2D eigenvalue weighted by molar-refractivity contribution is 5.94.